The van der Waals surface area contributed by atoms with Gasteiger partial charge in [0.25, 0.3) is 11.6 Å². The molecule has 19 heavy (non-hydrogen) atoms. The van der Waals surface area contributed by atoms with Crippen molar-refractivity contribution in [3.05, 3.63) is 38.3 Å². The van der Waals surface area contributed by atoms with E-state index in [2.05, 4.69) is 15.9 Å². The molecule has 0 aromatic heterocycles. The standard InChI is InChI=1S/C12H15BrN2O4/c1-12(2,17)7-14(3)11(16)8-4-9(13)6-10(5-8)15(18)19/h4-6,17H,7H2,1-3H3. The van der Waals surface area contributed by atoms with Gasteiger partial charge < -0.3 is 10.0 Å². The Kier molecular flexibility index (Phi) is 4.65. The molecule has 1 N–H and O–H groups in total. The molecule has 0 heterocycles. The Bertz CT molecular complexity index is 511. The Morgan fingerprint density at radius 3 is 2.53 bits per heavy atom. The van der Waals surface area contributed by atoms with E-state index in [0.29, 0.717) is 4.47 Å². The van der Waals surface area contributed by atoms with Gasteiger partial charge in [0.2, 0.25) is 0 Å². The van der Waals surface area contributed by atoms with Gasteiger partial charge in [0.05, 0.1) is 10.5 Å². The van der Waals surface area contributed by atoms with E-state index in [-0.39, 0.29) is 23.7 Å². The number of aliphatic hydroxyl groups is 1. The number of nitrogens with zero attached hydrogens (tertiary/aromatic N) is 2. The third kappa shape index (κ3) is 4.60. The zero-order valence-electron chi connectivity index (χ0n) is 10.9. The molecular weight excluding hydrogens is 316 g/mol. The minimum Gasteiger partial charge on any atom is -0.389 e. The van der Waals surface area contributed by atoms with Gasteiger partial charge in [-0.05, 0) is 19.9 Å². The van der Waals surface area contributed by atoms with E-state index in [1.165, 1.54) is 30.1 Å². The molecule has 1 aromatic rings. The second kappa shape index (κ2) is 5.66. The van der Waals surface area contributed by atoms with Gasteiger partial charge in [-0.3, -0.25) is 14.9 Å². The minimum atomic E-state index is -1.03. The van der Waals surface area contributed by atoms with Crippen molar-refractivity contribution in [2.75, 3.05) is 13.6 Å². The van der Waals surface area contributed by atoms with Crippen LogP contribution in [0.25, 0.3) is 0 Å². The number of likely N-dealkylation sites (N-methyl/N-ethyl adjacent to an activating group) is 1. The molecule has 0 bridgehead atoms. The second-order valence-corrected chi connectivity index (χ2v) is 5.84. The number of amides is 1. The lowest BCUT2D eigenvalue weighted by Gasteiger charge is -2.25. The highest BCUT2D eigenvalue weighted by Gasteiger charge is 2.22. The number of hydrogen-bond acceptors (Lipinski definition) is 4. The van der Waals surface area contributed by atoms with Gasteiger partial charge in [0.1, 0.15) is 0 Å². The van der Waals surface area contributed by atoms with Crippen LogP contribution in [0.2, 0.25) is 0 Å². The summed E-state index contributed by atoms with van der Waals surface area (Å²) in [4.78, 5) is 23.6. The summed E-state index contributed by atoms with van der Waals surface area (Å²) in [5.74, 6) is -0.383. The number of non-ortho nitro benzene ring substituents is 1. The van der Waals surface area contributed by atoms with Crippen LogP contribution in [0.5, 0.6) is 0 Å². The summed E-state index contributed by atoms with van der Waals surface area (Å²) in [5, 5.41) is 20.4. The van der Waals surface area contributed by atoms with Gasteiger partial charge >= 0.3 is 0 Å². The number of carbonyl (C=O) groups excluding carboxylic acids is 1. The van der Waals surface area contributed by atoms with E-state index in [4.69, 9.17) is 0 Å². The summed E-state index contributed by atoms with van der Waals surface area (Å²) in [5.41, 5.74) is -0.982. The maximum Gasteiger partial charge on any atom is 0.271 e. The maximum absolute atomic E-state index is 12.1. The van der Waals surface area contributed by atoms with Gasteiger partial charge in [-0.1, -0.05) is 15.9 Å². The summed E-state index contributed by atoms with van der Waals surface area (Å²) in [6, 6.07) is 4.05. The molecule has 0 aliphatic heterocycles. The summed E-state index contributed by atoms with van der Waals surface area (Å²) in [6.45, 7) is 3.30. The van der Waals surface area contributed by atoms with E-state index in [1.807, 2.05) is 0 Å². The van der Waals surface area contributed by atoms with E-state index in [1.54, 1.807) is 13.8 Å². The molecule has 0 spiro atoms. The average molecular weight is 331 g/mol. The lowest BCUT2D eigenvalue weighted by molar-refractivity contribution is -0.385. The normalized spacial score (nSPS) is 11.2. The molecule has 0 saturated heterocycles. The quantitative estimate of drug-likeness (QED) is 0.677. The summed E-state index contributed by atoms with van der Waals surface area (Å²) < 4.78 is 0.460. The number of carbonyl (C=O) groups is 1. The maximum atomic E-state index is 12.1. The fourth-order valence-corrected chi connectivity index (χ4v) is 2.16. The molecule has 0 saturated carbocycles. The third-order valence-electron chi connectivity index (χ3n) is 2.31. The van der Waals surface area contributed by atoms with Crippen molar-refractivity contribution in [2.24, 2.45) is 0 Å². The highest BCUT2D eigenvalue weighted by atomic mass is 79.9. The van der Waals surface area contributed by atoms with E-state index in [9.17, 15) is 20.0 Å². The predicted molar refractivity (Wildman–Crippen MR) is 74.1 cm³/mol. The van der Waals surface area contributed by atoms with Crippen molar-refractivity contribution in [3.63, 3.8) is 0 Å². The zero-order chi connectivity index (χ0) is 14.8. The van der Waals surface area contributed by atoms with Crippen molar-refractivity contribution >= 4 is 27.5 Å². The molecule has 0 aliphatic rings. The number of benzene rings is 1. The van der Waals surface area contributed by atoms with Gasteiger partial charge in [0, 0.05) is 35.8 Å². The fourth-order valence-electron chi connectivity index (χ4n) is 1.68. The summed E-state index contributed by atoms with van der Waals surface area (Å²) in [7, 11) is 1.53. The zero-order valence-corrected chi connectivity index (χ0v) is 12.5. The topological polar surface area (TPSA) is 83.7 Å². The van der Waals surface area contributed by atoms with Crippen LogP contribution in [0, 0.1) is 10.1 Å². The number of nitro benzene ring substituents is 1. The predicted octanol–water partition coefficient (Wildman–Crippen LogP) is 2.20. The highest BCUT2D eigenvalue weighted by molar-refractivity contribution is 9.10. The Labute approximate surface area is 119 Å². The van der Waals surface area contributed by atoms with E-state index >= 15 is 0 Å². The minimum absolute atomic E-state index is 0.131. The monoisotopic (exact) mass is 330 g/mol. The van der Waals surface area contributed by atoms with Crippen LogP contribution in [-0.4, -0.2) is 40.0 Å². The van der Waals surface area contributed by atoms with Gasteiger partial charge in [0.15, 0.2) is 0 Å². The fraction of sp³-hybridized carbons (Fsp3) is 0.417. The van der Waals surface area contributed by atoms with Gasteiger partial charge in [-0.2, -0.15) is 0 Å². The largest absolute Gasteiger partial charge is 0.389 e. The molecule has 1 aromatic carbocycles. The number of rotatable bonds is 4. The van der Waals surface area contributed by atoms with Crippen LogP contribution >= 0.6 is 15.9 Å². The average Bonchev–Trinajstić information content (AvgIpc) is 2.24. The molecule has 0 aliphatic carbocycles. The van der Waals surface area contributed by atoms with Crippen molar-refractivity contribution in [3.8, 4) is 0 Å². The molecule has 1 amide bonds. The number of halogens is 1. The lowest BCUT2D eigenvalue weighted by Crippen LogP contribution is -2.39. The molecule has 1 rings (SSSR count). The third-order valence-corrected chi connectivity index (χ3v) is 2.77. The van der Waals surface area contributed by atoms with Crippen LogP contribution < -0.4 is 0 Å². The van der Waals surface area contributed by atoms with Crippen LogP contribution in [-0.2, 0) is 0 Å². The van der Waals surface area contributed by atoms with Crippen LogP contribution in [0.3, 0.4) is 0 Å². The smallest absolute Gasteiger partial charge is 0.271 e. The Morgan fingerprint density at radius 1 is 1.47 bits per heavy atom. The Hall–Kier alpha value is -1.47. The van der Waals surface area contributed by atoms with Crippen LogP contribution in [0.1, 0.15) is 24.2 Å². The molecule has 7 heteroatoms. The first kappa shape index (κ1) is 15.6. The van der Waals surface area contributed by atoms with Crippen LogP contribution in [0.15, 0.2) is 22.7 Å². The summed E-state index contributed by atoms with van der Waals surface area (Å²) in [6.07, 6.45) is 0. The highest BCUT2D eigenvalue weighted by Crippen LogP contribution is 2.22. The SMILES string of the molecule is CN(CC(C)(C)O)C(=O)c1cc(Br)cc([N+](=O)[O-])c1. The van der Waals surface area contributed by atoms with Crippen molar-refractivity contribution in [2.45, 2.75) is 19.4 Å². The second-order valence-electron chi connectivity index (χ2n) is 4.93. The Balaban J connectivity index is 3.03. The molecule has 0 radical (unpaired) electrons. The molecular formula is C12H15BrN2O4. The molecule has 0 fully saturated rings. The van der Waals surface area contributed by atoms with Crippen molar-refractivity contribution in [1.82, 2.24) is 4.90 Å². The lowest BCUT2D eigenvalue weighted by atomic mass is 10.1. The van der Waals surface area contributed by atoms with E-state index in [0.717, 1.165) is 0 Å². The van der Waals surface area contributed by atoms with Gasteiger partial charge in [-0.25, -0.2) is 0 Å². The first-order chi connectivity index (χ1) is 8.60. The molecule has 104 valence electrons. The molecule has 0 atom stereocenters. The summed E-state index contributed by atoms with van der Waals surface area (Å²) >= 11 is 3.14. The Morgan fingerprint density at radius 2 is 2.05 bits per heavy atom. The van der Waals surface area contributed by atoms with Gasteiger partial charge in [-0.15, -0.1) is 0 Å². The number of hydrogen-bond donors (Lipinski definition) is 1. The van der Waals surface area contributed by atoms with Crippen molar-refractivity contribution in [1.29, 1.82) is 0 Å². The molecule has 6 nitrogen and oxygen atoms in total. The van der Waals surface area contributed by atoms with Crippen LogP contribution in [0.4, 0.5) is 5.69 Å². The first-order valence-corrected chi connectivity index (χ1v) is 6.32. The van der Waals surface area contributed by atoms with E-state index < -0.39 is 10.5 Å². The van der Waals surface area contributed by atoms with Crippen molar-refractivity contribution < 1.29 is 14.8 Å². The number of nitro groups is 1. The first-order valence-electron chi connectivity index (χ1n) is 5.53. The molecule has 0 unspecified atom stereocenters.